The lowest BCUT2D eigenvalue weighted by atomic mass is 10.1. The van der Waals surface area contributed by atoms with Crippen LogP contribution in [-0.2, 0) is 0 Å². The van der Waals surface area contributed by atoms with E-state index in [1.807, 2.05) is 24.3 Å². The Labute approximate surface area is 123 Å². The molecule has 0 amide bonds. The number of halogens is 1. The minimum absolute atomic E-state index is 0.129. The molecule has 104 valence electrons. The van der Waals surface area contributed by atoms with Gasteiger partial charge in [0.25, 0.3) is 0 Å². The first-order valence-electron chi connectivity index (χ1n) is 6.74. The van der Waals surface area contributed by atoms with Crippen LogP contribution in [0.3, 0.4) is 0 Å². The van der Waals surface area contributed by atoms with Crippen molar-refractivity contribution in [2.45, 2.75) is 18.9 Å². The molecule has 1 fully saturated rings. The van der Waals surface area contributed by atoms with Crippen molar-refractivity contribution in [2.24, 2.45) is 0 Å². The molecule has 0 aliphatic carbocycles. The maximum Gasteiger partial charge on any atom is 0.155 e. The van der Waals surface area contributed by atoms with E-state index in [4.69, 9.17) is 11.6 Å². The van der Waals surface area contributed by atoms with Crippen LogP contribution in [0.4, 0.5) is 5.82 Å². The van der Waals surface area contributed by atoms with Gasteiger partial charge in [-0.25, -0.2) is 4.98 Å². The van der Waals surface area contributed by atoms with E-state index in [-0.39, 0.29) is 12.6 Å². The third kappa shape index (κ3) is 2.49. The van der Waals surface area contributed by atoms with Crippen molar-refractivity contribution in [3.63, 3.8) is 0 Å². The van der Waals surface area contributed by atoms with Gasteiger partial charge in [0.15, 0.2) is 5.82 Å². The highest BCUT2D eigenvalue weighted by Gasteiger charge is 2.27. The molecule has 1 aromatic heterocycles. The summed E-state index contributed by atoms with van der Waals surface area (Å²) >= 11 is 6.06. The minimum atomic E-state index is 0.129. The summed E-state index contributed by atoms with van der Waals surface area (Å²) in [5.41, 5.74) is 1.76. The fourth-order valence-corrected chi connectivity index (χ4v) is 2.87. The third-order valence-corrected chi connectivity index (χ3v) is 3.87. The number of aliphatic hydroxyl groups excluding tert-OH is 1. The van der Waals surface area contributed by atoms with Crippen molar-refractivity contribution in [3.05, 3.63) is 41.7 Å². The SMILES string of the molecule is OCC1CCCN1c1nccnc1-c1cccc(Cl)c1. The summed E-state index contributed by atoms with van der Waals surface area (Å²) in [7, 11) is 0. The molecule has 2 heterocycles. The molecular formula is C15H16ClN3O. The van der Waals surface area contributed by atoms with Gasteiger partial charge in [-0.05, 0) is 25.0 Å². The lowest BCUT2D eigenvalue weighted by Crippen LogP contribution is -2.33. The number of benzene rings is 1. The number of hydrogen-bond donors (Lipinski definition) is 1. The van der Waals surface area contributed by atoms with E-state index >= 15 is 0 Å². The van der Waals surface area contributed by atoms with E-state index in [0.29, 0.717) is 5.02 Å². The Hall–Kier alpha value is -1.65. The van der Waals surface area contributed by atoms with Gasteiger partial charge in [-0.3, -0.25) is 4.98 Å². The highest BCUT2D eigenvalue weighted by molar-refractivity contribution is 6.30. The topological polar surface area (TPSA) is 49.2 Å². The van der Waals surface area contributed by atoms with E-state index in [2.05, 4.69) is 14.9 Å². The van der Waals surface area contributed by atoms with Crippen molar-refractivity contribution >= 4 is 17.4 Å². The summed E-state index contributed by atoms with van der Waals surface area (Å²) in [4.78, 5) is 11.1. The fraction of sp³-hybridized carbons (Fsp3) is 0.333. The Morgan fingerprint density at radius 1 is 1.30 bits per heavy atom. The highest BCUT2D eigenvalue weighted by Crippen LogP contribution is 2.32. The van der Waals surface area contributed by atoms with Gasteiger partial charge < -0.3 is 10.0 Å². The molecule has 1 saturated heterocycles. The number of aromatic nitrogens is 2. The second kappa shape index (κ2) is 5.77. The van der Waals surface area contributed by atoms with Gasteiger partial charge in [0.05, 0.1) is 12.6 Å². The molecule has 3 rings (SSSR count). The van der Waals surface area contributed by atoms with E-state index in [1.54, 1.807) is 12.4 Å². The molecule has 0 spiro atoms. The molecule has 0 saturated carbocycles. The Kier molecular flexibility index (Phi) is 3.85. The smallest absolute Gasteiger partial charge is 0.155 e. The van der Waals surface area contributed by atoms with Crippen molar-refractivity contribution in [1.29, 1.82) is 0 Å². The van der Waals surface area contributed by atoms with Crippen LogP contribution >= 0.6 is 11.6 Å². The van der Waals surface area contributed by atoms with Crippen LogP contribution in [0, 0.1) is 0 Å². The minimum Gasteiger partial charge on any atom is -0.394 e. The quantitative estimate of drug-likeness (QED) is 0.944. The van der Waals surface area contributed by atoms with Crippen LogP contribution in [-0.4, -0.2) is 34.3 Å². The number of hydrogen-bond acceptors (Lipinski definition) is 4. The summed E-state index contributed by atoms with van der Waals surface area (Å²) < 4.78 is 0. The first kappa shape index (κ1) is 13.3. The predicted octanol–water partition coefficient (Wildman–Crippen LogP) is 2.76. The highest BCUT2D eigenvalue weighted by atomic mass is 35.5. The van der Waals surface area contributed by atoms with Gasteiger partial charge in [0.1, 0.15) is 5.69 Å². The first-order chi connectivity index (χ1) is 9.79. The van der Waals surface area contributed by atoms with Crippen LogP contribution in [0.5, 0.6) is 0 Å². The molecule has 1 aliphatic rings. The van der Waals surface area contributed by atoms with Gasteiger partial charge in [-0.2, -0.15) is 0 Å². The first-order valence-corrected chi connectivity index (χ1v) is 7.12. The Bertz CT molecular complexity index is 605. The van der Waals surface area contributed by atoms with E-state index in [9.17, 15) is 5.11 Å². The van der Waals surface area contributed by atoms with Crippen molar-refractivity contribution < 1.29 is 5.11 Å². The maximum absolute atomic E-state index is 9.49. The average Bonchev–Trinajstić information content (AvgIpc) is 2.95. The average molecular weight is 290 g/mol. The Morgan fingerprint density at radius 3 is 2.95 bits per heavy atom. The molecule has 1 aliphatic heterocycles. The van der Waals surface area contributed by atoms with Crippen molar-refractivity contribution in [1.82, 2.24) is 9.97 Å². The zero-order valence-corrected chi connectivity index (χ0v) is 11.8. The number of anilines is 1. The molecule has 1 N–H and O–H groups in total. The molecule has 1 unspecified atom stereocenters. The Morgan fingerprint density at radius 2 is 2.15 bits per heavy atom. The lowest BCUT2D eigenvalue weighted by Gasteiger charge is -2.25. The number of nitrogens with zero attached hydrogens (tertiary/aromatic N) is 3. The molecule has 4 nitrogen and oxygen atoms in total. The fourth-order valence-electron chi connectivity index (χ4n) is 2.68. The van der Waals surface area contributed by atoms with Crippen LogP contribution in [0.25, 0.3) is 11.3 Å². The van der Waals surface area contributed by atoms with Gasteiger partial charge in [0, 0.05) is 29.5 Å². The second-order valence-electron chi connectivity index (χ2n) is 4.91. The van der Waals surface area contributed by atoms with Crippen LogP contribution < -0.4 is 4.90 Å². The molecular weight excluding hydrogens is 274 g/mol. The zero-order valence-electron chi connectivity index (χ0n) is 11.0. The van der Waals surface area contributed by atoms with Gasteiger partial charge in [0.2, 0.25) is 0 Å². The summed E-state index contributed by atoms with van der Waals surface area (Å²) in [6.45, 7) is 1.04. The molecule has 5 heteroatoms. The predicted molar refractivity (Wildman–Crippen MR) is 79.9 cm³/mol. The number of aliphatic hydroxyl groups is 1. The summed E-state index contributed by atoms with van der Waals surface area (Å²) in [6.07, 6.45) is 5.43. The maximum atomic E-state index is 9.49. The van der Waals surface area contributed by atoms with Crippen LogP contribution in [0.1, 0.15) is 12.8 Å². The van der Waals surface area contributed by atoms with Gasteiger partial charge in [-0.15, -0.1) is 0 Å². The Balaban J connectivity index is 2.04. The molecule has 0 radical (unpaired) electrons. The molecule has 1 atom stereocenters. The second-order valence-corrected chi connectivity index (χ2v) is 5.35. The molecule has 1 aromatic carbocycles. The third-order valence-electron chi connectivity index (χ3n) is 3.64. The zero-order chi connectivity index (χ0) is 13.9. The molecule has 0 bridgehead atoms. The monoisotopic (exact) mass is 289 g/mol. The van der Waals surface area contributed by atoms with Gasteiger partial charge in [-0.1, -0.05) is 23.7 Å². The normalized spacial score (nSPS) is 18.5. The van der Waals surface area contributed by atoms with Crippen LogP contribution in [0.15, 0.2) is 36.7 Å². The van der Waals surface area contributed by atoms with E-state index in [0.717, 1.165) is 36.5 Å². The van der Waals surface area contributed by atoms with Gasteiger partial charge >= 0.3 is 0 Å². The lowest BCUT2D eigenvalue weighted by molar-refractivity contribution is 0.266. The van der Waals surface area contributed by atoms with Crippen molar-refractivity contribution in [2.75, 3.05) is 18.1 Å². The summed E-state index contributed by atoms with van der Waals surface area (Å²) in [5, 5.41) is 10.2. The summed E-state index contributed by atoms with van der Waals surface area (Å²) in [6, 6.07) is 7.74. The summed E-state index contributed by atoms with van der Waals surface area (Å²) in [5.74, 6) is 0.825. The van der Waals surface area contributed by atoms with E-state index in [1.165, 1.54) is 0 Å². The molecule has 20 heavy (non-hydrogen) atoms. The number of rotatable bonds is 3. The molecule has 2 aromatic rings. The van der Waals surface area contributed by atoms with Crippen molar-refractivity contribution in [3.8, 4) is 11.3 Å². The standard InChI is InChI=1S/C15H16ClN3O/c16-12-4-1-3-11(9-12)14-15(18-7-6-17-14)19-8-2-5-13(19)10-20/h1,3-4,6-7,9,13,20H,2,5,8,10H2. The largest absolute Gasteiger partial charge is 0.394 e. The van der Waals surface area contributed by atoms with E-state index < -0.39 is 0 Å². The van der Waals surface area contributed by atoms with Crippen LogP contribution in [0.2, 0.25) is 5.02 Å².